The third-order valence-corrected chi connectivity index (χ3v) is 1.80. The van der Waals surface area contributed by atoms with Crippen molar-refractivity contribution < 1.29 is 0 Å². The van der Waals surface area contributed by atoms with Crippen molar-refractivity contribution in [1.82, 2.24) is 4.98 Å². The van der Waals surface area contributed by atoms with Crippen LogP contribution >= 0.6 is 11.9 Å². The fourth-order valence-electron chi connectivity index (χ4n) is 0.573. The van der Waals surface area contributed by atoms with Gasteiger partial charge in [-0.05, 0) is 30.5 Å². The highest BCUT2D eigenvalue weighted by Gasteiger charge is 1.92. The molecule has 0 aliphatic heterocycles. The summed E-state index contributed by atoms with van der Waals surface area (Å²) in [4.78, 5) is 4.95. The number of hydrogen-bond donors (Lipinski definition) is 1. The molecule has 0 saturated heterocycles. The first-order valence-electron chi connectivity index (χ1n) is 4.62. The van der Waals surface area contributed by atoms with Crippen LogP contribution in [-0.4, -0.2) is 4.98 Å². The predicted molar refractivity (Wildman–Crippen MR) is 61.7 cm³/mol. The molecule has 0 spiro atoms. The normalized spacial score (nSPS) is 7.54. The lowest BCUT2D eigenvalue weighted by Gasteiger charge is -1.96. The molecule has 2 nitrogen and oxygen atoms in total. The molecule has 1 aromatic heterocycles. The minimum absolute atomic E-state index is 1.04. The van der Waals surface area contributed by atoms with Gasteiger partial charge in [-0.2, -0.15) is 0 Å². The van der Waals surface area contributed by atoms with Crippen LogP contribution in [0.25, 0.3) is 0 Å². The average Bonchev–Trinajstić information content (AvgIpc) is 2.24. The summed E-state index contributed by atoms with van der Waals surface area (Å²) in [5.41, 5.74) is 1.18. The number of pyridine rings is 1. The molecule has 1 aromatic rings. The third-order valence-electron chi connectivity index (χ3n) is 1.12. The predicted octanol–water partition coefficient (Wildman–Crippen LogP) is 3.41. The van der Waals surface area contributed by atoms with Crippen molar-refractivity contribution in [2.75, 3.05) is 0 Å². The fourth-order valence-corrected chi connectivity index (χ4v) is 0.949. The molecule has 0 unspecified atom stereocenters. The lowest BCUT2D eigenvalue weighted by Crippen LogP contribution is -1.84. The van der Waals surface area contributed by atoms with Gasteiger partial charge in [0.2, 0.25) is 0 Å². The lowest BCUT2D eigenvalue weighted by molar-refractivity contribution is 1.18. The Morgan fingerprint density at radius 2 is 1.77 bits per heavy atom. The minimum Gasteiger partial charge on any atom is -0.274 e. The van der Waals surface area contributed by atoms with Gasteiger partial charge in [-0.3, -0.25) is 10.1 Å². The Labute approximate surface area is 86.1 Å². The molecule has 0 amide bonds. The molecule has 0 atom stereocenters. The molecule has 0 aliphatic carbocycles. The van der Waals surface area contributed by atoms with Crippen molar-refractivity contribution in [1.29, 1.82) is 0 Å². The Hall–Kier alpha value is -0.540. The standard InChI is InChI=1S/C6H8N2S.2C2H6/c1-5-2-3-8-4-6(5)9-7;2*1-2/h2-4H,7H2,1H3;2*1-2H3. The Bertz CT molecular complexity index is 202. The van der Waals surface area contributed by atoms with Crippen molar-refractivity contribution in [3.8, 4) is 0 Å². The summed E-state index contributed by atoms with van der Waals surface area (Å²) in [5.74, 6) is 0. The van der Waals surface area contributed by atoms with E-state index in [1.54, 1.807) is 12.4 Å². The van der Waals surface area contributed by atoms with Gasteiger partial charge in [0.25, 0.3) is 0 Å². The Morgan fingerprint density at radius 3 is 2.08 bits per heavy atom. The smallest absolute Gasteiger partial charge is 0.0438 e. The first-order valence-corrected chi connectivity index (χ1v) is 5.50. The van der Waals surface area contributed by atoms with Crippen LogP contribution in [0, 0.1) is 6.92 Å². The molecule has 76 valence electrons. The van der Waals surface area contributed by atoms with Crippen molar-refractivity contribution in [3.05, 3.63) is 24.0 Å². The highest BCUT2D eigenvalue weighted by Crippen LogP contribution is 2.13. The van der Waals surface area contributed by atoms with E-state index in [1.165, 1.54) is 17.5 Å². The van der Waals surface area contributed by atoms with Gasteiger partial charge in [-0.15, -0.1) is 0 Å². The summed E-state index contributed by atoms with van der Waals surface area (Å²) < 4.78 is 0. The number of hydrogen-bond acceptors (Lipinski definition) is 3. The molecule has 0 bridgehead atoms. The van der Waals surface area contributed by atoms with Crippen LogP contribution in [0.2, 0.25) is 0 Å². The Balaban J connectivity index is 0. The van der Waals surface area contributed by atoms with Gasteiger partial charge in [0, 0.05) is 17.3 Å². The van der Waals surface area contributed by atoms with Crippen molar-refractivity contribution in [3.63, 3.8) is 0 Å². The van der Waals surface area contributed by atoms with Crippen LogP contribution in [0.1, 0.15) is 33.3 Å². The maximum absolute atomic E-state index is 5.33. The van der Waals surface area contributed by atoms with E-state index in [1.807, 2.05) is 40.7 Å². The van der Waals surface area contributed by atoms with E-state index in [-0.39, 0.29) is 0 Å². The highest BCUT2D eigenvalue weighted by molar-refractivity contribution is 7.97. The van der Waals surface area contributed by atoms with E-state index < -0.39 is 0 Å². The van der Waals surface area contributed by atoms with E-state index in [4.69, 9.17) is 5.14 Å². The van der Waals surface area contributed by atoms with Crippen LogP contribution in [0.15, 0.2) is 23.4 Å². The topological polar surface area (TPSA) is 38.9 Å². The molecule has 0 radical (unpaired) electrons. The maximum atomic E-state index is 5.33. The molecular formula is C10H20N2S. The van der Waals surface area contributed by atoms with E-state index in [0.29, 0.717) is 0 Å². The second kappa shape index (κ2) is 11.5. The van der Waals surface area contributed by atoms with Crippen LogP contribution in [0.4, 0.5) is 0 Å². The van der Waals surface area contributed by atoms with Gasteiger partial charge < -0.3 is 0 Å². The number of nitrogens with zero attached hydrogens (tertiary/aromatic N) is 1. The minimum atomic E-state index is 1.04. The van der Waals surface area contributed by atoms with Crippen molar-refractivity contribution >= 4 is 11.9 Å². The number of aryl methyl sites for hydroxylation is 1. The molecule has 1 heterocycles. The molecule has 0 aromatic carbocycles. The van der Waals surface area contributed by atoms with E-state index in [2.05, 4.69) is 4.98 Å². The molecule has 3 heteroatoms. The first kappa shape index (κ1) is 15.0. The second-order valence-corrected chi connectivity index (χ2v) is 2.43. The van der Waals surface area contributed by atoms with E-state index in [9.17, 15) is 0 Å². The molecule has 2 N–H and O–H groups in total. The van der Waals surface area contributed by atoms with Gasteiger partial charge >= 0.3 is 0 Å². The zero-order valence-corrected chi connectivity index (χ0v) is 9.98. The zero-order valence-electron chi connectivity index (χ0n) is 9.16. The number of aromatic nitrogens is 1. The highest BCUT2D eigenvalue weighted by atomic mass is 32.2. The van der Waals surface area contributed by atoms with Gasteiger partial charge in [0.15, 0.2) is 0 Å². The first-order chi connectivity index (χ1) is 6.34. The summed E-state index contributed by atoms with van der Waals surface area (Å²) in [6.45, 7) is 10.0. The number of rotatable bonds is 1. The molecule has 0 fully saturated rings. The fraction of sp³-hybridized carbons (Fsp3) is 0.500. The summed E-state index contributed by atoms with van der Waals surface area (Å²) in [6.07, 6.45) is 3.52. The molecule has 0 saturated carbocycles. The zero-order chi connectivity index (χ0) is 10.7. The number of nitrogens with two attached hydrogens (primary N) is 1. The van der Waals surface area contributed by atoms with Crippen LogP contribution in [-0.2, 0) is 0 Å². The van der Waals surface area contributed by atoms with Crippen LogP contribution in [0.5, 0.6) is 0 Å². The van der Waals surface area contributed by atoms with Gasteiger partial charge in [-0.1, -0.05) is 27.7 Å². The SMILES string of the molecule is CC.CC.Cc1ccncc1SN. The molecule has 13 heavy (non-hydrogen) atoms. The van der Waals surface area contributed by atoms with Crippen LogP contribution in [0.3, 0.4) is 0 Å². The molecule has 1 rings (SSSR count). The Morgan fingerprint density at radius 1 is 1.23 bits per heavy atom. The molecule has 0 aliphatic rings. The third kappa shape index (κ3) is 6.61. The maximum Gasteiger partial charge on any atom is 0.0438 e. The summed E-state index contributed by atoms with van der Waals surface area (Å²) in [6, 6.07) is 1.94. The second-order valence-electron chi connectivity index (χ2n) is 1.76. The van der Waals surface area contributed by atoms with Crippen molar-refractivity contribution in [2.24, 2.45) is 5.14 Å². The summed E-state index contributed by atoms with van der Waals surface area (Å²) >= 11 is 1.23. The quantitative estimate of drug-likeness (QED) is 0.706. The molecular weight excluding hydrogens is 180 g/mol. The summed E-state index contributed by atoms with van der Waals surface area (Å²) in [7, 11) is 0. The van der Waals surface area contributed by atoms with E-state index in [0.717, 1.165) is 4.90 Å². The van der Waals surface area contributed by atoms with E-state index >= 15 is 0 Å². The van der Waals surface area contributed by atoms with Crippen molar-refractivity contribution in [2.45, 2.75) is 39.5 Å². The van der Waals surface area contributed by atoms with Gasteiger partial charge in [0.1, 0.15) is 0 Å². The van der Waals surface area contributed by atoms with Crippen LogP contribution < -0.4 is 5.14 Å². The monoisotopic (exact) mass is 200 g/mol. The van der Waals surface area contributed by atoms with Gasteiger partial charge in [0.05, 0.1) is 0 Å². The lowest BCUT2D eigenvalue weighted by atomic mass is 10.3. The average molecular weight is 200 g/mol. The Kier molecular flexibility index (Phi) is 13.2. The summed E-state index contributed by atoms with van der Waals surface area (Å²) in [5, 5.41) is 5.33. The largest absolute Gasteiger partial charge is 0.274 e. The van der Waals surface area contributed by atoms with Gasteiger partial charge in [-0.25, -0.2) is 0 Å².